The second kappa shape index (κ2) is 9.72. The van der Waals surface area contributed by atoms with Gasteiger partial charge in [0, 0.05) is 43.4 Å². The molecule has 0 spiro atoms. The third-order valence-corrected chi connectivity index (χ3v) is 8.65. The number of likely N-dealkylation sites (N-methyl/N-ethyl adjacent to an activating group) is 1. The second-order valence-corrected chi connectivity index (χ2v) is 11.4. The van der Waals surface area contributed by atoms with Crippen LogP contribution in [0, 0.1) is 11.8 Å². The highest BCUT2D eigenvalue weighted by Crippen LogP contribution is 2.54. The van der Waals surface area contributed by atoms with Crippen molar-refractivity contribution in [2.24, 2.45) is 23.3 Å². The van der Waals surface area contributed by atoms with Crippen LogP contribution >= 0.6 is 0 Å². The van der Waals surface area contributed by atoms with Crippen LogP contribution in [0.4, 0.5) is 5.69 Å². The zero-order chi connectivity index (χ0) is 30.1. The number of rotatable bonds is 5. The number of ketones is 2. The SMILES string of the molecule is CN(C)c1cc(-c2cccc(CN)c2)c(O)c2c1C[C@H]1C[C@H]3[C@H](N(C)C)C(=O)C(C(N)=O)=C(O)[C@@]3(O)C(=O)C1=C2O. The van der Waals surface area contributed by atoms with Gasteiger partial charge < -0.3 is 36.8 Å². The van der Waals surface area contributed by atoms with Gasteiger partial charge in [-0.05, 0) is 61.7 Å². The molecule has 11 heteroatoms. The van der Waals surface area contributed by atoms with Crippen molar-refractivity contribution in [3.8, 4) is 16.9 Å². The van der Waals surface area contributed by atoms with Crippen molar-refractivity contribution in [1.82, 2.24) is 4.90 Å². The van der Waals surface area contributed by atoms with Crippen molar-refractivity contribution in [1.29, 1.82) is 0 Å². The van der Waals surface area contributed by atoms with Crippen LogP contribution in [0.2, 0.25) is 0 Å². The maximum absolute atomic E-state index is 14.1. The average Bonchev–Trinajstić information content (AvgIpc) is 2.90. The molecule has 5 rings (SSSR count). The summed E-state index contributed by atoms with van der Waals surface area (Å²) >= 11 is 0. The number of nitrogens with two attached hydrogens (primary N) is 2. The number of Topliss-reactive ketones (excluding diaryl/α,β-unsaturated/α-hetero) is 2. The molecule has 41 heavy (non-hydrogen) atoms. The molecular formula is C30H34N4O7. The van der Waals surface area contributed by atoms with Gasteiger partial charge in [0.2, 0.25) is 5.78 Å². The Labute approximate surface area is 237 Å². The predicted molar refractivity (Wildman–Crippen MR) is 152 cm³/mol. The van der Waals surface area contributed by atoms with E-state index in [0.717, 1.165) is 5.56 Å². The number of amides is 1. The lowest BCUT2D eigenvalue weighted by Gasteiger charge is -2.50. The zero-order valence-corrected chi connectivity index (χ0v) is 23.3. The molecule has 2 aromatic rings. The Hall–Kier alpha value is -4.19. The molecule has 1 saturated carbocycles. The highest BCUT2D eigenvalue weighted by atomic mass is 16.3. The lowest BCUT2D eigenvalue weighted by molar-refractivity contribution is -0.153. The van der Waals surface area contributed by atoms with E-state index >= 15 is 0 Å². The lowest BCUT2D eigenvalue weighted by atomic mass is 9.57. The molecule has 0 bridgehead atoms. The molecular weight excluding hydrogens is 528 g/mol. The van der Waals surface area contributed by atoms with E-state index in [9.17, 15) is 34.8 Å². The molecule has 0 heterocycles. The van der Waals surface area contributed by atoms with Gasteiger partial charge >= 0.3 is 0 Å². The number of carbonyl (C=O) groups is 3. The van der Waals surface area contributed by atoms with Gasteiger partial charge in [0.05, 0.1) is 11.6 Å². The normalized spacial score (nSPS) is 25.7. The van der Waals surface area contributed by atoms with Gasteiger partial charge in [0.15, 0.2) is 11.4 Å². The predicted octanol–water partition coefficient (Wildman–Crippen LogP) is 1.16. The highest BCUT2D eigenvalue weighted by Gasteiger charge is 2.64. The fourth-order valence-corrected chi connectivity index (χ4v) is 6.78. The van der Waals surface area contributed by atoms with Crippen molar-refractivity contribution >= 4 is 28.9 Å². The maximum atomic E-state index is 14.1. The van der Waals surface area contributed by atoms with Gasteiger partial charge in [0.25, 0.3) is 5.91 Å². The number of aliphatic hydroxyl groups excluding tert-OH is 2. The second-order valence-electron chi connectivity index (χ2n) is 11.4. The Morgan fingerprint density at radius 3 is 2.37 bits per heavy atom. The van der Waals surface area contributed by atoms with E-state index in [4.69, 9.17) is 11.5 Å². The molecule has 0 aromatic heterocycles. The Kier molecular flexibility index (Phi) is 6.72. The van der Waals surface area contributed by atoms with E-state index in [2.05, 4.69) is 0 Å². The molecule has 0 saturated heterocycles. The number of hydrogen-bond acceptors (Lipinski definition) is 10. The van der Waals surface area contributed by atoms with Crippen molar-refractivity contribution in [2.75, 3.05) is 33.1 Å². The highest BCUT2D eigenvalue weighted by molar-refractivity contribution is 6.24. The third kappa shape index (κ3) is 3.95. The molecule has 2 aromatic carbocycles. The minimum absolute atomic E-state index is 0.0275. The summed E-state index contributed by atoms with van der Waals surface area (Å²) in [5.41, 5.74) is 10.7. The average molecular weight is 563 g/mol. The zero-order valence-electron chi connectivity index (χ0n) is 23.3. The molecule has 1 fully saturated rings. The molecule has 1 amide bonds. The standard InChI is InChI=1S/C30H34N4O7/c1-33(2)19-11-16(14-7-5-6-13(8-14)12-31)24(35)21-17(19)9-15-10-18-23(34(3)4)26(37)22(29(32)40)28(39)30(18,41)27(38)20(15)25(21)36/h5-8,11,15,18,23,35-36,39,41H,9-10,12,31H2,1-4H3,(H2,32,40)/t15-,18-,23-,30-/m0/s1. The minimum Gasteiger partial charge on any atom is -0.508 e. The van der Waals surface area contributed by atoms with Crippen LogP contribution in [0.25, 0.3) is 16.9 Å². The monoisotopic (exact) mass is 562 g/mol. The number of anilines is 1. The summed E-state index contributed by atoms with van der Waals surface area (Å²) in [5, 5.41) is 46.0. The van der Waals surface area contributed by atoms with Crippen LogP contribution in [0.5, 0.6) is 5.75 Å². The van der Waals surface area contributed by atoms with Crippen molar-refractivity contribution in [3.63, 3.8) is 0 Å². The Bertz CT molecular complexity index is 1570. The third-order valence-electron chi connectivity index (χ3n) is 8.65. The summed E-state index contributed by atoms with van der Waals surface area (Å²) < 4.78 is 0. The first-order valence-electron chi connectivity index (χ1n) is 13.3. The smallest absolute Gasteiger partial charge is 0.255 e. The molecule has 0 aliphatic heterocycles. The largest absolute Gasteiger partial charge is 0.508 e. The summed E-state index contributed by atoms with van der Waals surface area (Å²) in [5.74, 6) is -6.78. The van der Waals surface area contributed by atoms with Crippen LogP contribution in [0.15, 0.2) is 47.2 Å². The van der Waals surface area contributed by atoms with Crippen LogP contribution in [-0.2, 0) is 27.3 Å². The van der Waals surface area contributed by atoms with E-state index in [1.807, 2.05) is 37.2 Å². The minimum atomic E-state index is -2.68. The molecule has 3 aliphatic carbocycles. The fourth-order valence-electron chi connectivity index (χ4n) is 6.78. The molecule has 3 aliphatic rings. The summed E-state index contributed by atoms with van der Waals surface area (Å²) in [6, 6.07) is 7.95. The van der Waals surface area contributed by atoms with Gasteiger partial charge in [-0.15, -0.1) is 0 Å². The number of phenols is 1. The molecule has 0 unspecified atom stereocenters. The molecule has 0 radical (unpaired) electrons. The molecule has 8 N–H and O–H groups in total. The number of carbonyl (C=O) groups excluding carboxylic acids is 3. The van der Waals surface area contributed by atoms with Crippen molar-refractivity contribution in [2.45, 2.75) is 31.0 Å². The summed E-state index contributed by atoms with van der Waals surface area (Å²) in [6.45, 7) is 0.284. The van der Waals surface area contributed by atoms with Crippen LogP contribution < -0.4 is 16.4 Å². The van der Waals surface area contributed by atoms with E-state index in [0.29, 0.717) is 22.4 Å². The van der Waals surface area contributed by atoms with Crippen LogP contribution in [-0.4, -0.2) is 82.6 Å². The number of hydrogen-bond donors (Lipinski definition) is 6. The summed E-state index contributed by atoms with van der Waals surface area (Å²) in [6.07, 6.45) is 0.235. The van der Waals surface area contributed by atoms with Gasteiger partial charge in [-0.3, -0.25) is 19.3 Å². The van der Waals surface area contributed by atoms with Crippen molar-refractivity contribution < 1.29 is 34.8 Å². The number of fused-ring (bicyclic) bond motifs is 3. The number of aromatic hydroxyl groups is 1. The van der Waals surface area contributed by atoms with Gasteiger partial charge in [0.1, 0.15) is 22.8 Å². The van der Waals surface area contributed by atoms with E-state index in [1.54, 1.807) is 26.2 Å². The fraction of sp³-hybridized carbons (Fsp3) is 0.367. The van der Waals surface area contributed by atoms with E-state index in [-0.39, 0.29) is 36.3 Å². The first kappa shape index (κ1) is 28.3. The number of phenolic OH excluding ortho intramolecular Hbond substituents is 1. The van der Waals surface area contributed by atoms with E-state index < -0.39 is 58.0 Å². The van der Waals surface area contributed by atoms with E-state index in [1.165, 1.54) is 4.90 Å². The Balaban J connectivity index is 1.77. The maximum Gasteiger partial charge on any atom is 0.255 e. The molecule has 11 nitrogen and oxygen atoms in total. The van der Waals surface area contributed by atoms with Crippen molar-refractivity contribution in [3.05, 3.63) is 63.9 Å². The topological polar surface area (TPSA) is 191 Å². The number of aliphatic hydroxyl groups is 3. The number of benzene rings is 2. The molecule has 4 atom stereocenters. The Morgan fingerprint density at radius 2 is 1.78 bits per heavy atom. The first-order valence-corrected chi connectivity index (χ1v) is 13.3. The van der Waals surface area contributed by atoms with Crippen LogP contribution in [0.1, 0.15) is 23.1 Å². The first-order chi connectivity index (χ1) is 19.2. The summed E-state index contributed by atoms with van der Waals surface area (Å²) in [4.78, 5) is 42.9. The molecule has 216 valence electrons. The number of nitrogens with zero attached hydrogens (tertiary/aromatic N) is 2. The summed E-state index contributed by atoms with van der Waals surface area (Å²) in [7, 11) is 6.78. The van der Waals surface area contributed by atoms with Crippen LogP contribution in [0.3, 0.4) is 0 Å². The van der Waals surface area contributed by atoms with Gasteiger partial charge in [-0.1, -0.05) is 18.2 Å². The quantitative estimate of drug-likeness (QED) is 0.288. The lowest BCUT2D eigenvalue weighted by Crippen LogP contribution is -2.65. The van der Waals surface area contributed by atoms with Gasteiger partial charge in [-0.2, -0.15) is 0 Å². The Morgan fingerprint density at radius 1 is 1.10 bits per heavy atom. The number of primary amides is 1. The van der Waals surface area contributed by atoms with Gasteiger partial charge in [-0.25, -0.2) is 0 Å².